The molecule has 0 aromatic heterocycles. The highest BCUT2D eigenvalue weighted by molar-refractivity contribution is 6.39. The molecular formula is C11H12N2O2. The van der Waals surface area contributed by atoms with Crippen LogP contribution in [0.4, 0.5) is 5.69 Å². The van der Waals surface area contributed by atoms with Gasteiger partial charge in [-0.15, -0.1) is 0 Å². The molecule has 0 saturated carbocycles. The Labute approximate surface area is 87.6 Å². The summed E-state index contributed by atoms with van der Waals surface area (Å²) in [5, 5.41) is 7.59. The highest BCUT2D eigenvalue weighted by Crippen LogP contribution is 2.28. The van der Waals surface area contributed by atoms with Gasteiger partial charge in [-0.2, -0.15) is 0 Å². The van der Waals surface area contributed by atoms with Crippen LogP contribution in [0.1, 0.15) is 17.0 Å². The van der Waals surface area contributed by atoms with E-state index in [1.807, 2.05) is 19.1 Å². The molecule has 0 amide bonds. The van der Waals surface area contributed by atoms with Crippen LogP contribution in [0.5, 0.6) is 0 Å². The van der Waals surface area contributed by atoms with Gasteiger partial charge in [-0.05, 0) is 18.6 Å². The number of nitrogens with one attached hydrogen (secondary N) is 1. The average molecular weight is 204 g/mol. The number of cyclic esters (lactones) is 1. The number of hydrogen-bond acceptors (Lipinski definition) is 4. The van der Waals surface area contributed by atoms with Gasteiger partial charge in [0.15, 0.2) is 0 Å². The van der Waals surface area contributed by atoms with Crippen molar-refractivity contribution in [3.05, 3.63) is 29.3 Å². The minimum atomic E-state index is -0.541. The Morgan fingerprint density at radius 1 is 1.53 bits per heavy atom. The Balaban J connectivity index is 2.42. The minimum absolute atomic E-state index is 0.00713. The maximum atomic E-state index is 11.1. The highest BCUT2D eigenvalue weighted by Gasteiger charge is 2.33. The van der Waals surface area contributed by atoms with E-state index in [4.69, 9.17) is 15.9 Å². The Hall–Kier alpha value is -1.84. The van der Waals surface area contributed by atoms with Crippen molar-refractivity contribution < 1.29 is 9.53 Å². The fourth-order valence-electron chi connectivity index (χ4n) is 1.70. The summed E-state index contributed by atoms with van der Waals surface area (Å²) in [7, 11) is 0. The number of nitrogens with two attached hydrogens (primary N) is 1. The molecule has 4 nitrogen and oxygen atoms in total. The molecule has 78 valence electrons. The molecule has 1 aliphatic heterocycles. The molecule has 0 aliphatic carbocycles. The normalized spacial score (nSPS) is 20.5. The van der Waals surface area contributed by atoms with Gasteiger partial charge >= 0.3 is 5.97 Å². The molecule has 15 heavy (non-hydrogen) atoms. The van der Waals surface area contributed by atoms with Crippen LogP contribution in [0.3, 0.4) is 0 Å². The molecule has 4 heteroatoms. The quantitative estimate of drug-likeness (QED) is 0.533. The lowest BCUT2D eigenvalue weighted by Gasteiger charge is -2.10. The van der Waals surface area contributed by atoms with Crippen LogP contribution in [0.25, 0.3) is 0 Å². The molecule has 0 spiro atoms. The predicted octanol–water partition coefficient (Wildman–Crippen LogP) is 1.24. The third kappa shape index (κ3) is 1.58. The van der Waals surface area contributed by atoms with E-state index >= 15 is 0 Å². The Morgan fingerprint density at radius 3 is 2.87 bits per heavy atom. The number of hydrogen-bond donors (Lipinski definition) is 2. The van der Waals surface area contributed by atoms with Gasteiger partial charge in [-0.1, -0.05) is 17.7 Å². The van der Waals surface area contributed by atoms with Gasteiger partial charge in [0.25, 0.3) is 0 Å². The summed E-state index contributed by atoms with van der Waals surface area (Å²) in [6.45, 7) is 2.18. The van der Waals surface area contributed by atoms with Gasteiger partial charge in [0.1, 0.15) is 12.3 Å². The van der Waals surface area contributed by atoms with Crippen molar-refractivity contribution in [1.82, 2.24) is 0 Å². The second kappa shape index (κ2) is 3.38. The SMILES string of the molecule is Cc1ccc(N)c(C2COC(=O)C2=N)c1. The monoisotopic (exact) mass is 204 g/mol. The van der Waals surface area contributed by atoms with E-state index in [2.05, 4.69) is 0 Å². The smallest absolute Gasteiger partial charge is 0.352 e. The van der Waals surface area contributed by atoms with E-state index in [1.54, 1.807) is 6.07 Å². The fourth-order valence-corrected chi connectivity index (χ4v) is 1.70. The standard InChI is InChI=1S/C11H12N2O2/c1-6-2-3-9(12)7(4-6)8-5-15-11(14)10(8)13/h2-4,8,13H,5,12H2,1H3. The van der Waals surface area contributed by atoms with Gasteiger partial charge in [-0.3, -0.25) is 5.41 Å². The van der Waals surface area contributed by atoms with E-state index in [0.29, 0.717) is 5.69 Å². The van der Waals surface area contributed by atoms with Crippen LogP contribution in [0, 0.1) is 12.3 Å². The summed E-state index contributed by atoms with van der Waals surface area (Å²) in [6.07, 6.45) is 0. The largest absolute Gasteiger partial charge is 0.460 e. The molecule has 1 aliphatic rings. The minimum Gasteiger partial charge on any atom is -0.460 e. The number of ether oxygens (including phenoxy) is 1. The summed E-state index contributed by atoms with van der Waals surface area (Å²) in [5.74, 6) is -0.849. The van der Waals surface area contributed by atoms with Gasteiger partial charge in [-0.25, -0.2) is 4.79 Å². The summed E-state index contributed by atoms with van der Waals surface area (Å²) in [4.78, 5) is 11.1. The predicted molar refractivity (Wildman–Crippen MR) is 57.0 cm³/mol. The molecule has 1 aromatic carbocycles. The van der Waals surface area contributed by atoms with Crippen LogP contribution >= 0.6 is 0 Å². The number of esters is 1. The molecular weight excluding hydrogens is 192 g/mol. The molecule has 2 rings (SSSR count). The lowest BCUT2D eigenvalue weighted by Crippen LogP contribution is -2.13. The number of aryl methyl sites for hydroxylation is 1. The molecule has 3 N–H and O–H groups in total. The number of carbonyl (C=O) groups is 1. The van der Waals surface area contributed by atoms with Crippen molar-refractivity contribution in [2.75, 3.05) is 12.3 Å². The third-order valence-electron chi connectivity index (χ3n) is 2.57. The van der Waals surface area contributed by atoms with Crippen LogP contribution in [0.2, 0.25) is 0 Å². The third-order valence-corrected chi connectivity index (χ3v) is 2.57. The van der Waals surface area contributed by atoms with E-state index in [9.17, 15) is 4.79 Å². The van der Waals surface area contributed by atoms with Crippen LogP contribution in [-0.2, 0) is 9.53 Å². The van der Waals surface area contributed by atoms with Crippen molar-refractivity contribution in [2.45, 2.75) is 12.8 Å². The maximum Gasteiger partial charge on any atom is 0.352 e. The van der Waals surface area contributed by atoms with Crippen molar-refractivity contribution in [3.63, 3.8) is 0 Å². The Kier molecular flexibility index (Phi) is 2.19. The van der Waals surface area contributed by atoms with Gasteiger partial charge in [0.2, 0.25) is 0 Å². The molecule has 1 saturated heterocycles. The van der Waals surface area contributed by atoms with Crippen molar-refractivity contribution >= 4 is 17.4 Å². The van der Waals surface area contributed by atoms with Gasteiger partial charge in [0.05, 0.1) is 5.92 Å². The zero-order valence-electron chi connectivity index (χ0n) is 8.41. The average Bonchev–Trinajstić information content (AvgIpc) is 2.52. The van der Waals surface area contributed by atoms with E-state index in [-0.39, 0.29) is 18.2 Å². The number of rotatable bonds is 1. The first-order valence-corrected chi connectivity index (χ1v) is 4.71. The van der Waals surface area contributed by atoms with Gasteiger partial charge in [0, 0.05) is 5.69 Å². The first-order valence-electron chi connectivity index (χ1n) is 4.71. The van der Waals surface area contributed by atoms with E-state index in [0.717, 1.165) is 11.1 Å². The lowest BCUT2D eigenvalue weighted by molar-refractivity contribution is -0.132. The van der Waals surface area contributed by atoms with E-state index in [1.165, 1.54) is 0 Å². The molecule has 1 unspecified atom stereocenters. The summed E-state index contributed by atoms with van der Waals surface area (Å²) in [6, 6.07) is 5.59. The zero-order chi connectivity index (χ0) is 11.0. The van der Waals surface area contributed by atoms with Crippen molar-refractivity contribution in [3.8, 4) is 0 Å². The molecule has 1 atom stereocenters. The summed E-state index contributed by atoms with van der Waals surface area (Å²) < 4.78 is 4.81. The zero-order valence-corrected chi connectivity index (χ0v) is 8.41. The fraction of sp³-hybridized carbons (Fsp3) is 0.273. The molecule has 0 radical (unpaired) electrons. The molecule has 1 fully saturated rings. The second-order valence-electron chi connectivity index (χ2n) is 3.70. The summed E-state index contributed by atoms with van der Waals surface area (Å²) >= 11 is 0. The maximum absolute atomic E-state index is 11.1. The molecule has 1 heterocycles. The highest BCUT2D eigenvalue weighted by atomic mass is 16.5. The lowest BCUT2D eigenvalue weighted by atomic mass is 9.94. The van der Waals surface area contributed by atoms with Crippen LogP contribution in [-0.4, -0.2) is 18.3 Å². The number of anilines is 1. The first kappa shape index (κ1) is 9.71. The molecule has 0 bridgehead atoms. The Bertz CT molecular complexity index is 440. The van der Waals surface area contributed by atoms with Gasteiger partial charge < -0.3 is 10.5 Å². The molecule has 1 aromatic rings. The van der Waals surface area contributed by atoms with Crippen molar-refractivity contribution in [2.24, 2.45) is 0 Å². The topological polar surface area (TPSA) is 76.2 Å². The van der Waals surface area contributed by atoms with E-state index < -0.39 is 5.97 Å². The second-order valence-corrected chi connectivity index (χ2v) is 3.70. The summed E-state index contributed by atoms with van der Waals surface area (Å²) in [5.41, 5.74) is 8.28. The van der Waals surface area contributed by atoms with Crippen molar-refractivity contribution in [1.29, 1.82) is 5.41 Å². The first-order chi connectivity index (χ1) is 7.09. The van der Waals surface area contributed by atoms with Crippen LogP contribution in [0.15, 0.2) is 18.2 Å². The number of nitrogen functional groups attached to an aromatic ring is 1. The number of carbonyl (C=O) groups excluding carboxylic acids is 1. The number of benzene rings is 1. The Morgan fingerprint density at radius 2 is 2.27 bits per heavy atom. The van der Waals surface area contributed by atoms with Crippen LogP contribution < -0.4 is 5.73 Å².